The normalized spacial score (nSPS) is 9.85. The lowest BCUT2D eigenvalue weighted by molar-refractivity contribution is 0.339. The molecule has 0 N–H and O–H groups in total. The number of hydrogen-bond acceptors (Lipinski definition) is 1. The van der Waals surface area contributed by atoms with E-state index in [1.165, 1.54) is 6.07 Å². The number of hydrogen-bond donors (Lipinski definition) is 0. The number of nitrogens with zero attached hydrogens (tertiary/aromatic N) is 1. The molecule has 0 fully saturated rings. The van der Waals surface area contributed by atoms with Crippen LogP contribution in [-0.4, -0.2) is 18.5 Å². The average molecular weight is 204 g/mol. The van der Waals surface area contributed by atoms with Crippen molar-refractivity contribution < 1.29 is 4.39 Å². The molecule has 0 heterocycles. The summed E-state index contributed by atoms with van der Waals surface area (Å²) in [5, 5.41) is 0. The summed E-state index contributed by atoms with van der Waals surface area (Å²) in [7, 11) is 1.98. The number of halogens is 2. The van der Waals surface area contributed by atoms with E-state index >= 15 is 0 Å². The Labute approximate surface area is 85.0 Å². The molecule has 0 aliphatic carbocycles. The molecule has 0 radical (unpaired) electrons. The molecule has 0 unspecified atom stereocenters. The third-order valence-electron chi connectivity index (χ3n) is 1.94. The highest BCUT2D eigenvalue weighted by Gasteiger charge is 2.01. The lowest BCUT2D eigenvalue weighted by Gasteiger charge is -2.13. The number of benzene rings is 1. The molecule has 0 saturated heterocycles. The fraction of sp³-hybridized carbons (Fsp3) is 0.400. The van der Waals surface area contributed by atoms with Gasteiger partial charge in [-0.3, -0.25) is 0 Å². The van der Waals surface area contributed by atoms with Crippen LogP contribution < -0.4 is 0 Å². The van der Waals surface area contributed by atoms with Crippen LogP contribution in [0.2, 0.25) is 0 Å². The highest BCUT2D eigenvalue weighted by molar-refractivity contribution is 5.85. The molecule has 0 bridgehead atoms. The zero-order valence-corrected chi connectivity index (χ0v) is 8.77. The highest BCUT2D eigenvalue weighted by Crippen LogP contribution is 2.07. The van der Waals surface area contributed by atoms with Gasteiger partial charge >= 0.3 is 0 Å². The van der Waals surface area contributed by atoms with Crippen molar-refractivity contribution in [2.75, 3.05) is 13.6 Å². The van der Waals surface area contributed by atoms with E-state index in [0.717, 1.165) is 12.1 Å². The van der Waals surface area contributed by atoms with Crippen LogP contribution in [0.15, 0.2) is 24.3 Å². The molecule has 1 aromatic rings. The van der Waals surface area contributed by atoms with Gasteiger partial charge < -0.3 is 4.90 Å². The zero-order chi connectivity index (χ0) is 8.97. The van der Waals surface area contributed by atoms with Gasteiger partial charge in [-0.25, -0.2) is 4.39 Å². The molecular formula is C10H15ClFN. The second-order valence-corrected chi connectivity index (χ2v) is 2.92. The Hall–Kier alpha value is -0.600. The van der Waals surface area contributed by atoms with E-state index in [4.69, 9.17) is 0 Å². The van der Waals surface area contributed by atoms with Crippen molar-refractivity contribution in [1.29, 1.82) is 0 Å². The van der Waals surface area contributed by atoms with Crippen molar-refractivity contribution in [2.24, 2.45) is 0 Å². The summed E-state index contributed by atoms with van der Waals surface area (Å²) >= 11 is 0. The van der Waals surface area contributed by atoms with Gasteiger partial charge in [0.05, 0.1) is 0 Å². The Kier molecular flexibility index (Phi) is 5.67. The van der Waals surface area contributed by atoms with Gasteiger partial charge in [-0.1, -0.05) is 25.1 Å². The Morgan fingerprint density at radius 1 is 1.31 bits per heavy atom. The standard InChI is InChI=1S/C10H14FN.ClH/c1-3-12(2)8-9-6-4-5-7-10(9)11;/h4-7H,3,8H2,1-2H3;1H. The predicted molar refractivity (Wildman–Crippen MR) is 55.7 cm³/mol. The summed E-state index contributed by atoms with van der Waals surface area (Å²) < 4.78 is 13.1. The van der Waals surface area contributed by atoms with E-state index in [1.807, 2.05) is 19.2 Å². The summed E-state index contributed by atoms with van der Waals surface area (Å²) in [5.41, 5.74) is 0.766. The van der Waals surface area contributed by atoms with Crippen LogP contribution in [-0.2, 0) is 6.54 Å². The van der Waals surface area contributed by atoms with Gasteiger partial charge in [-0.2, -0.15) is 0 Å². The van der Waals surface area contributed by atoms with Crippen molar-refractivity contribution >= 4 is 12.4 Å². The van der Waals surface area contributed by atoms with Gasteiger partial charge in [0.25, 0.3) is 0 Å². The predicted octanol–water partition coefficient (Wildman–Crippen LogP) is 2.70. The largest absolute Gasteiger partial charge is 0.302 e. The van der Waals surface area contributed by atoms with Crippen LogP contribution in [0.3, 0.4) is 0 Å². The summed E-state index contributed by atoms with van der Waals surface area (Å²) in [6, 6.07) is 6.90. The molecule has 0 atom stereocenters. The quantitative estimate of drug-likeness (QED) is 0.730. The maximum Gasteiger partial charge on any atom is 0.127 e. The van der Waals surface area contributed by atoms with Crippen molar-refractivity contribution in [3.05, 3.63) is 35.6 Å². The molecule has 0 aliphatic rings. The van der Waals surface area contributed by atoms with Crippen LogP contribution in [0.1, 0.15) is 12.5 Å². The fourth-order valence-corrected chi connectivity index (χ4v) is 1.03. The van der Waals surface area contributed by atoms with E-state index in [2.05, 4.69) is 11.8 Å². The molecule has 1 rings (SSSR count). The first kappa shape index (κ1) is 12.4. The van der Waals surface area contributed by atoms with Gasteiger partial charge in [-0.15, -0.1) is 12.4 Å². The van der Waals surface area contributed by atoms with Crippen LogP contribution in [0.5, 0.6) is 0 Å². The molecule has 0 saturated carbocycles. The van der Waals surface area contributed by atoms with E-state index in [9.17, 15) is 4.39 Å². The second kappa shape index (κ2) is 5.95. The highest BCUT2D eigenvalue weighted by atomic mass is 35.5. The monoisotopic (exact) mass is 203 g/mol. The third kappa shape index (κ3) is 3.75. The van der Waals surface area contributed by atoms with Crippen LogP contribution in [0.25, 0.3) is 0 Å². The Bertz CT molecular complexity index is 252. The molecule has 0 aromatic heterocycles. The molecule has 3 heteroatoms. The van der Waals surface area contributed by atoms with Gasteiger partial charge in [0.15, 0.2) is 0 Å². The lowest BCUT2D eigenvalue weighted by atomic mass is 10.2. The third-order valence-corrected chi connectivity index (χ3v) is 1.94. The summed E-state index contributed by atoms with van der Waals surface area (Å²) in [4.78, 5) is 2.07. The summed E-state index contributed by atoms with van der Waals surface area (Å²) in [6.45, 7) is 3.68. The molecule has 1 nitrogen and oxygen atoms in total. The SMILES string of the molecule is CCN(C)Cc1ccccc1F.Cl. The fourth-order valence-electron chi connectivity index (χ4n) is 1.03. The first-order valence-corrected chi connectivity index (χ1v) is 4.16. The molecule has 1 aromatic carbocycles. The lowest BCUT2D eigenvalue weighted by Crippen LogP contribution is -2.17. The van der Waals surface area contributed by atoms with E-state index < -0.39 is 0 Å². The van der Waals surface area contributed by atoms with Crippen molar-refractivity contribution in [1.82, 2.24) is 4.90 Å². The first-order valence-electron chi connectivity index (χ1n) is 4.16. The van der Waals surface area contributed by atoms with Crippen molar-refractivity contribution in [3.8, 4) is 0 Å². The maximum absolute atomic E-state index is 13.1. The zero-order valence-electron chi connectivity index (χ0n) is 7.96. The topological polar surface area (TPSA) is 3.24 Å². The van der Waals surface area contributed by atoms with Gasteiger partial charge in [0.1, 0.15) is 5.82 Å². The van der Waals surface area contributed by atoms with Gasteiger partial charge in [0.2, 0.25) is 0 Å². The van der Waals surface area contributed by atoms with Crippen molar-refractivity contribution in [2.45, 2.75) is 13.5 Å². The minimum absolute atomic E-state index is 0. The minimum Gasteiger partial charge on any atom is -0.302 e. The Morgan fingerprint density at radius 3 is 2.46 bits per heavy atom. The van der Waals surface area contributed by atoms with Crippen LogP contribution in [0, 0.1) is 5.82 Å². The maximum atomic E-state index is 13.1. The summed E-state index contributed by atoms with van der Waals surface area (Å²) in [6.07, 6.45) is 0. The molecule has 74 valence electrons. The number of rotatable bonds is 3. The molecule has 0 spiro atoms. The molecular weight excluding hydrogens is 189 g/mol. The molecule has 0 aliphatic heterocycles. The summed E-state index contributed by atoms with van der Waals surface area (Å²) in [5.74, 6) is -0.113. The van der Waals surface area contributed by atoms with E-state index in [-0.39, 0.29) is 18.2 Å². The van der Waals surface area contributed by atoms with Gasteiger partial charge in [-0.05, 0) is 19.7 Å². The average Bonchev–Trinajstić information content (AvgIpc) is 2.09. The van der Waals surface area contributed by atoms with Crippen LogP contribution in [0.4, 0.5) is 4.39 Å². The Balaban J connectivity index is 0.00000144. The molecule has 0 amide bonds. The molecule has 13 heavy (non-hydrogen) atoms. The van der Waals surface area contributed by atoms with Crippen molar-refractivity contribution in [3.63, 3.8) is 0 Å². The minimum atomic E-state index is -0.113. The Morgan fingerprint density at radius 2 is 1.92 bits per heavy atom. The smallest absolute Gasteiger partial charge is 0.127 e. The first-order chi connectivity index (χ1) is 5.74. The van der Waals surface area contributed by atoms with E-state index in [1.54, 1.807) is 6.07 Å². The van der Waals surface area contributed by atoms with E-state index in [0.29, 0.717) is 6.54 Å². The van der Waals surface area contributed by atoms with Gasteiger partial charge in [0, 0.05) is 12.1 Å². The van der Waals surface area contributed by atoms with Crippen LogP contribution >= 0.6 is 12.4 Å². The second-order valence-electron chi connectivity index (χ2n) is 2.92.